The van der Waals surface area contributed by atoms with E-state index in [0.29, 0.717) is 19.4 Å². The van der Waals surface area contributed by atoms with E-state index in [1.807, 2.05) is 0 Å². The first kappa shape index (κ1) is 18.2. The summed E-state index contributed by atoms with van der Waals surface area (Å²) in [5.74, 6) is -2.45. The molecule has 132 valence electrons. The average molecular weight is 326 g/mol. The van der Waals surface area contributed by atoms with Crippen molar-refractivity contribution in [2.24, 2.45) is 11.8 Å². The number of ether oxygens (including phenoxy) is 2. The fraction of sp³-hybridized carbons (Fsp3) is 0.889. The number of hydrogen-bond donors (Lipinski definition) is 1. The Labute approximate surface area is 138 Å². The lowest BCUT2D eigenvalue weighted by atomic mass is 9.79. The zero-order valence-electron chi connectivity index (χ0n) is 14.2. The lowest BCUT2D eigenvalue weighted by Gasteiger charge is -2.24. The topological polar surface area (TPSA) is 76.1 Å². The molecule has 1 aliphatic carbocycles. The lowest BCUT2D eigenvalue weighted by Crippen LogP contribution is -2.36. The summed E-state index contributed by atoms with van der Waals surface area (Å²) in [6.45, 7) is 2.62. The maximum Gasteiger partial charge on any atom is 0.309 e. The number of epoxide rings is 1. The van der Waals surface area contributed by atoms with Crippen molar-refractivity contribution in [3.63, 3.8) is 0 Å². The summed E-state index contributed by atoms with van der Waals surface area (Å²) in [7, 11) is 0. The van der Waals surface area contributed by atoms with Crippen molar-refractivity contribution < 1.29 is 24.2 Å². The molecule has 5 heteroatoms. The number of fused-ring (bicyclic) bond motifs is 1. The fourth-order valence-electron chi connectivity index (χ4n) is 3.47. The molecular weight excluding hydrogens is 296 g/mol. The quantitative estimate of drug-likeness (QED) is 0.357. The highest BCUT2D eigenvalue weighted by Crippen LogP contribution is 2.43. The molecule has 1 heterocycles. The summed E-state index contributed by atoms with van der Waals surface area (Å²) in [4.78, 5) is 23.4. The highest BCUT2D eigenvalue weighted by Gasteiger charge is 2.53. The molecule has 0 radical (unpaired) electrons. The minimum atomic E-state index is -0.909. The molecule has 2 aliphatic rings. The minimum Gasteiger partial charge on any atom is -0.481 e. The Morgan fingerprint density at radius 3 is 2.13 bits per heavy atom. The van der Waals surface area contributed by atoms with Crippen molar-refractivity contribution in [1.82, 2.24) is 0 Å². The van der Waals surface area contributed by atoms with Crippen molar-refractivity contribution >= 4 is 11.9 Å². The molecular formula is C18H30O5. The van der Waals surface area contributed by atoms with Crippen LogP contribution in [-0.2, 0) is 19.1 Å². The molecule has 23 heavy (non-hydrogen) atoms. The Morgan fingerprint density at radius 1 is 0.957 bits per heavy atom. The number of aliphatic carboxylic acids is 1. The van der Waals surface area contributed by atoms with Gasteiger partial charge in [-0.1, -0.05) is 51.9 Å². The summed E-state index contributed by atoms with van der Waals surface area (Å²) in [6, 6.07) is 0. The van der Waals surface area contributed by atoms with Crippen LogP contribution in [-0.4, -0.2) is 35.9 Å². The molecule has 1 saturated heterocycles. The molecule has 0 aromatic carbocycles. The average Bonchev–Trinajstić information content (AvgIpc) is 3.30. The monoisotopic (exact) mass is 326 g/mol. The zero-order chi connectivity index (χ0) is 16.7. The van der Waals surface area contributed by atoms with Crippen molar-refractivity contribution in [3.8, 4) is 0 Å². The molecule has 1 N–H and O–H groups in total. The number of carboxylic acids is 1. The predicted octanol–water partition coefficient (Wildman–Crippen LogP) is 3.55. The third-order valence-electron chi connectivity index (χ3n) is 5.01. The summed E-state index contributed by atoms with van der Waals surface area (Å²) in [5, 5.41) is 9.26. The number of esters is 1. The maximum atomic E-state index is 12.1. The third-order valence-corrected chi connectivity index (χ3v) is 5.01. The molecule has 0 spiro atoms. The standard InChI is InChI=1S/C18H30O5/c1-2-3-4-5-6-7-8-9-10-22-18(21)14-12-16-15(23-16)11-13(14)17(19)20/h13-16H,2-12H2,1H3,(H,19,20). The SMILES string of the molecule is CCCCCCCCCCOC(=O)C1CC2OC2CC1C(=O)O. The molecule has 0 amide bonds. The third kappa shape index (κ3) is 5.79. The van der Waals surface area contributed by atoms with Crippen molar-refractivity contribution in [3.05, 3.63) is 0 Å². The van der Waals surface area contributed by atoms with E-state index in [2.05, 4.69) is 6.92 Å². The van der Waals surface area contributed by atoms with Crippen molar-refractivity contribution in [2.45, 2.75) is 83.3 Å². The number of carbonyl (C=O) groups excluding carboxylic acids is 1. The van der Waals surface area contributed by atoms with Crippen LogP contribution < -0.4 is 0 Å². The second kappa shape index (κ2) is 9.26. The van der Waals surface area contributed by atoms with Gasteiger partial charge in [-0.15, -0.1) is 0 Å². The van der Waals surface area contributed by atoms with Crippen LogP contribution >= 0.6 is 0 Å². The number of hydrogen-bond acceptors (Lipinski definition) is 4. The van der Waals surface area contributed by atoms with Gasteiger partial charge in [0.15, 0.2) is 0 Å². The Morgan fingerprint density at radius 2 is 1.52 bits per heavy atom. The van der Waals surface area contributed by atoms with Gasteiger partial charge in [-0.25, -0.2) is 0 Å². The molecule has 4 atom stereocenters. The van der Waals surface area contributed by atoms with Gasteiger partial charge in [-0.05, 0) is 19.3 Å². The number of carboxylic acid groups (broad SMARTS) is 1. The van der Waals surface area contributed by atoms with E-state index in [-0.39, 0.29) is 18.2 Å². The van der Waals surface area contributed by atoms with Gasteiger partial charge in [0.2, 0.25) is 0 Å². The number of unbranched alkanes of at least 4 members (excludes halogenated alkanes) is 7. The first-order valence-corrected chi connectivity index (χ1v) is 9.18. The molecule has 4 unspecified atom stereocenters. The van der Waals surface area contributed by atoms with E-state index >= 15 is 0 Å². The van der Waals surface area contributed by atoms with Crippen LogP contribution in [0.1, 0.15) is 71.1 Å². The first-order valence-electron chi connectivity index (χ1n) is 9.18. The maximum absolute atomic E-state index is 12.1. The normalized spacial score (nSPS) is 28.9. The Hall–Kier alpha value is -1.10. The van der Waals surface area contributed by atoms with Crippen molar-refractivity contribution in [2.75, 3.05) is 6.61 Å². The van der Waals surface area contributed by atoms with Crippen LogP contribution in [0.5, 0.6) is 0 Å². The van der Waals surface area contributed by atoms with Gasteiger partial charge in [0.05, 0.1) is 30.7 Å². The van der Waals surface area contributed by atoms with Gasteiger partial charge in [0.25, 0.3) is 0 Å². The van der Waals surface area contributed by atoms with Crippen LogP contribution in [0.15, 0.2) is 0 Å². The fourth-order valence-corrected chi connectivity index (χ4v) is 3.47. The van der Waals surface area contributed by atoms with Gasteiger partial charge < -0.3 is 14.6 Å². The molecule has 1 saturated carbocycles. The molecule has 2 fully saturated rings. The first-order chi connectivity index (χ1) is 11.1. The molecule has 0 aromatic heterocycles. The molecule has 1 aliphatic heterocycles. The highest BCUT2D eigenvalue weighted by molar-refractivity contribution is 5.81. The number of rotatable bonds is 11. The van der Waals surface area contributed by atoms with E-state index in [1.165, 1.54) is 38.5 Å². The van der Waals surface area contributed by atoms with Gasteiger partial charge in [0, 0.05) is 0 Å². The summed E-state index contributed by atoms with van der Waals surface area (Å²) in [5.41, 5.74) is 0. The molecule has 2 rings (SSSR count). The van der Waals surface area contributed by atoms with E-state index in [9.17, 15) is 14.7 Å². The van der Waals surface area contributed by atoms with Gasteiger partial charge >= 0.3 is 11.9 Å². The van der Waals surface area contributed by atoms with Crippen molar-refractivity contribution in [1.29, 1.82) is 0 Å². The summed E-state index contributed by atoms with van der Waals surface area (Å²) in [6.07, 6.45) is 10.6. The Bertz CT molecular complexity index is 395. The second-order valence-electron chi connectivity index (χ2n) is 6.88. The van der Waals surface area contributed by atoms with Crippen LogP contribution in [0.2, 0.25) is 0 Å². The molecule has 5 nitrogen and oxygen atoms in total. The summed E-state index contributed by atoms with van der Waals surface area (Å²) < 4.78 is 10.7. The predicted molar refractivity (Wildman–Crippen MR) is 86.1 cm³/mol. The molecule has 0 bridgehead atoms. The van der Waals surface area contributed by atoms with E-state index < -0.39 is 17.8 Å². The lowest BCUT2D eigenvalue weighted by molar-refractivity contribution is -0.159. The Kier molecular flexibility index (Phi) is 7.34. The smallest absolute Gasteiger partial charge is 0.309 e. The largest absolute Gasteiger partial charge is 0.481 e. The Balaban J connectivity index is 1.56. The van der Waals surface area contributed by atoms with E-state index in [4.69, 9.17) is 9.47 Å². The van der Waals surface area contributed by atoms with Gasteiger partial charge in [-0.3, -0.25) is 9.59 Å². The van der Waals surface area contributed by atoms with Gasteiger partial charge in [-0.2, -0.15) is 0 Å². The number of carbonyl (C=O) groups is 2. The van der Waals surface area contributed by atoms with E-state index in [1.54, 1.807) is 0 Å². The van der Waals surface area contributed by atoms with Crippen LogP contribution in [0, 0.1) is 11.8 Å². The van der Waals surface area contributed by atoms with Gasteiger partial charge in [0.1, 0.15) is 0 Å². The minimum absolute atomic E-state index is 0.0489. The van der Waals surface area contributed by atoms with E-state index in [0.717, 1.165) is 12.8 Å². The second-order valence-corrected chi connectivity index (χ2v) is 6.88. The highest BCUT2D eigenvalue weighted by atomic mass is 16.6. The zero-order valence-corrected chi connectivity index (χ0v) is 14.2. The van der Waals surface area contributed by atoms with Crippen LogP contribution in [0.4, 0.5) is 0 Å². The van der Waals surface area contributed by atoms with Crippen LogP contribution in [0.3, 0.4) is 0 Å². The summed E-state index contributed by atoms with van der Waals surface area (Å²) >= 11 is 0. The van der Waals surface area contributed by atoms with Crippen LogP contribution in [0.25, 0.3) is 0 Å². The molecule has 0 aromatic rings.